The maximum atomic E-state index is 11.9. The van der Waals surface area contributed by atoms with Crippen molar-refractivity contribution in [3.63, 3.8) is 0 Å². The van der Waals surface area contributed by atoms with E-state index in [2.05, 4.69) is 12.2 Å². The molecule has 0 atom stereocenters. The highest BCUT2D eigenvalue weighted by Crippen LogP contribution is 2.23. The largest absolute Gasteiger partial charge is 0.455 e. The quantitative estimate of drug-likeness (QED) is 0.174. The van der Waals surface area contributed by atoms with Gasteiger partial charge in [-0.2, -0.15) is 0 Å². The fourth-order valence-corrected chi connectivity index (χ4v) is 1.60. The van der Waals surface area contributed by atoms with Gasteiger partial charge in [-0.25, -0.2) is 4.79 Å². The summed E-state index contributed by atoms with van der Waals surface area (Å²) in [7, 11) is 0. The number of hydrogen-bond donors (Lipinski definition) is 2. The number of nitro groups is 1. The second-order valence-corrected chi connectivity index (χ2v) is 4.96. The smallest absolute Gasteiger partial charge is 0.342 e. The molecule has 9 nitrogen and oxygen atoms in total. The van der Waals surface area contributed by atoms with Crippen molar-refractivity contribution >= 4 is 34.8 Å². The molecule has 0 saturated heterocycles. The van der Waals surface area contributed by atoms with Gasteiger partial charge in [0.25, 0.3) is 0 Å². The topological polar surface area (TPSA) is 148 Å². The Morgan fingerprint density at radius 3 is 2.65 bits per heavy atom. The van der Waals surface area contributed by atoms with Crippen LogP contribution in [-0.4, -0.2) is 35.0 Å². The van der Waals surface area contributed by atoms with Crippen molar-refractivity contribution in [2.75, 3.05) is 18.9 Å². The van der Waals surface area contributed by atoms with Gasteiger partial charge in [0.1, 0.15) is 22.9 Å². The summed E-state index contributed by atoms with van der Waals surface area (Å²) in [6.07, 6.45) is -0.130. The second-order valence-electron chi connectivity index (χ2n) is 4.43. The summed E-state index contributed by atoms with van der Waals surface area (Å²) < 4.78 is 9.87. The number of thiocarbonyl (C=S) groups is 1. The van der Waals surface area contributed by atoms with Crippen LogP contribution in [-0.2, 0) is 9.53 Å². The van der Waals surface area contributed by atoms with Gasteiger partial charge in [0.2, 0.25) is 6.54 Å². The summed E-state index contributed by atoms with van der Waals surface area (Å²) in [5.74, 6) is -1.57. The minimum Gasteiger partial charge on any atom is -0.455 e. The second kappa shape index (κ2) is 8.63. The molecular weight excluding hydrogens is 326 g/mol. The molecule has 0 spiro atoms. The number of nitrogen functional groups attached to an aromatic ring is 1. The van der Waals surface area contributed by atoms with Gasteiger partial charge in [-0.1, -0.05) is 12.2 Å². The standard InChI is InChI=1S/C13H15N3O6S/c14-8-3-4-10(22-12(17)2-1-5-16(19)20)9(6-8)13(18)21-7-11(15)23/h3-4,6H,1-2,5,7,14H2,(H2,15,23). The number of anilines is 1. The highest BCUT2D eigenvalue weighted by Gasteiger charge is 2.18. The number of nitrogens with zero attached hydrogens (tertiary/aromatic N) is 1. The molecule has 10 heteroatoms. The number of benzene rings is 1. The van der Waals surface area contributed by atoms with E-state index in [1.807, 2.05) is 0 Å². The first kappa shape index (κ1) is 18.3. The molecule has 0 unspecified atom stereocenters. The molecule has 124 valence electrons. The van der Waals surface area contributed by atoms with E-state index in [0.717, 1.165) is 0 Å². The molecule has 4 N–H and O–H groups in total. The summed E-state index contributed by atoms with van der Waals surface area (Å²) in [6.45, 7) is -0.612. The zero-order valence-corrected chi connectivity index (χ0v) is 12.8. The summed E-state index contributed by atoms with van der Waals surface area (Å²) >= 11 is 4.60. The van der Waals surface area contributed by atoms with Crippen LogP contribution in [0.3, 0.4) is 0 Å². The Morgan fingerprint density at radius 2 is 2.04 bits per heavy atom. The molecule has 1 aromatic carbocycles. The molecule has 0 aliphatic carbocycles. The number of hydrogen-bond acceptors (Lipinski definition) is 8. The summed E-state index contributed by atoms with van der Waals surface area (Å²) in [5, 5.41) is 10.2. The summed E-state index contributed by atoms with van der Waals surface area (Å²) in [4.78, 5) is 33.2. The fraction of sp³-hybridized carbons (Fsp3) is 0.308. The lowest BCUT2D eigenvalue weighted by molar-refractivity contribution is -0.480. The summed E-state index contributed by atoms with van der Waals surface area (Å²) in [6, 6.07) is 4.05. The Morgan fingerprint density at radius 1 is 1.35 bits per heavy atom. The van der Waals surface area contributed by atoms with Crippen molar-refractivity contribution in [2.24, 2.45) is 5.73 Å². The van der Waals surface area contributed by atoms with Crippen LogP contribution in [0.5, 0.6) is 5.75 Å². The van der Waals surface area contributed by atoms with Crippen molar-refractivity contribution in [2.45, 2.75) is 12.8 Å². The average molecular weight is 341 g/mol. The molecular formula is C13H15N3O6S. The summed E-state index contributed by atoms with van der Waals surface area (Å²) in [5.41, 5.74) is 11.0. The van der Waals surface area contributed by atoms with Crippen LogP contribution in [0.25, 0.3) is 0 Å². The lowest BCUT2D eigenvalue weighted by Gasteiger charge is -2.10. The van der Waals surface area contributed by atoms with E-state index in [1.54, 1.807) is 0 Å². The lowest BCUT2D eigenvalue weighted by Crippen LogP contribution is -2.20. The maximum Gasteiger partial charge on any atom is 0.342 e. The molecule has 0 aliphatic rings. The lowest BCUT2D eigenvalue weighted by atomic mass is 10.2. The third kappa shape index (κ3) is 6.70. The van der Waals surface area contributed by atoms with Crippen molar-refractivity contribution < 1.29 is 24.0 Å². The first-order valence-electron chi connectivity index (χ1n) is 6.47. The molecule has 1 rings (SSSR count). The molecule has 0 aliphatic heterocycles. The molecule has 1 aromatic rings. The number of esters is 2. The van der Waals surface area contributed by atoms with Gasteiger partial charge in [-0.05, 0) is 18.2 Å². The molecule has 0 aromatic heterocycles. The Hall–Kier alpha value is -2.75. The predicted octanol–water partition coefficient (Wildman–Crippen LogP) is 0.674. The number of ether oxygens (including phenoxy) is 2. The monoisotopic (exact) mass is 341 g/mol. The first-order chi connectivity index (χ1) is 10.8. The van der Waals surface area contributed by atoms with E-state index < -0.39 is 16.9 Å². The maximum absolute atomic E-state index is 11.9. The Kier molecular flexibility index (Phi) is 6.87. The van der Waals surface area contributed by atoms with E-state index in [9.17, 15) is 19.7 Å². The van der Waals surface area contributed by atoms with Crippen molar-refractivity contribution in [3.05, 3.63) is 33.9 Å². The van der Waals surface area contributed by atoms with Crippen LogP contribution in [0.15, 0.2) is 18.2 Å². The Labute approximate surface area is 136 Å². The van der Waals surface area contributed by atoms with Crippen LogP contribution in [0, 0.1) is 10.1 Å². The average Bonchev–Trinajstić information content (AvgIpc) is 2.46. The van der Waals surface area contributed by atoms with Crippen LogP contribution in [0.1, 0.15) is 23.2 Å². The highest BCUT2D eigenvalue weighted by atomic mass is 32.1. The van der Waals surface area contributed by atoms with Gasteiger partial charge in [0.05, 0.1) is 6.42 Å². The van der Waals surface area contributed by atoms with Gasteiger partial charge in [-0.3, -0.25) is 14.9 Å². The minimum absolute atomic E-state index is 0.0134. The first-order valence-corrected chi connectivity index (χ1v) is 6.88. The van der Waals surface area contributed by atoms with E-state index >= 15 is 0 Å². The zero-order valence-electron chi connectivity index (χ0n) is 12.0. The van der Waals surface area contributed by atoms with Crippen LogP contribution < -0.4 is 16.2 Å². The fourth-order valence-electron chi connectivity index (χ4n) is 1.54. The molecule has 0 fully saturated rings. The SMILES string of the molecule is NC(=S)COC(=O)c1cc(N)ccc1OC(=O)CCC[N+](=O)[O-]. The van der Waals surface area contributed by atoms with Gasteiger partial charge in [-0.15, -0.1) is 0 Å². The third-order valence-electron chi connectivity index (χ3n) is 2.51. The minimum atomic E-state index is -0.807. The van der Waals surface area contributed by atoms with E-state index in [0.29, 0.717) is 0 Å². The predicted molar refractivity (Wildman–Crippen MR) is 84.7 cm³/mol. The molecule has 0 heterocycles. The molecule has 0 amide bonds. The van der Waals surface area contributed by atoms with Crippen LogP contribution in [0.4, 0.5) is 5.69 Å². The van der Waals surface area contributed by atoms with Gasteiger partial charge < -0.3 is 20.9 Å². The van der Waals surface area contributed by atoms with Crippen LogP contribution in [0.2, 0.25) is 0 Å². The van der Waals surface area contributed by atoms with E-state index in [-0.39, 0.29) is 48.0 Å². The van der Waals surface area contributed by atoms with Gasteiger partial charge in [0.15, 0.2) is 0 Å². The normalized spacial score (nSPS) is 9.91. The molecule has 0 bridgehead atoms. The van der Waals surface area contributed by atoms with Gasteiger partial charge in [0, 0.05) is 17.0 Å². The molecule has 0 saturated carbocycles. The molecule has 23 heavy (non-hydrogen) atoms. The van der Waals surface area contributed by atoms with E-state index in [1.165, 1.54) is 18.2 Å². The third-order valence-corrected chi connectivity index (χ3v) is 2.63. The van der Waals surface area contributed by atoms with Crippen LogP contribution >= 0.6 is 12.2 Å². The van der Waals surface area contributed by atoms with E-state index in [4.69, 9.17) is 20.9 Å². The Balaban J connectivity index is 2.77. The van der Waals surface area contributed by atoms with Gasteiger partial charge >= 0.3 is 11.9 Å². The number of rotatable bonds is 8. The zero-order chi connectivity index (χ0) is 17.4. The highest BCUT2D eigenvalue weighted by molar-refractivity contribution is 7.80. The van der Waals surface area contributed by atoms with Crippen molar-refractivity contribution in [1.82, 2.24) is 0 Å². The molecule has 0 radical (unpaired) electrons. The van der Waals surface area contributed by atoms with Crippen molar-refractivity contribution in [1.29, 1.82) is 0 Å². The van der Waals surface area contributed by atoms with Crippen molar-refractivity contribution in [3.8, 4) is 5.75 Å². The number of carbonyl (C=O) groups is 2. The number of nitrogens with two attached hydrogens (primary N) is 2. The number of carbonyl (C=O) groups excluding carboxylic acids is 2. The Bertz CT molecular complexity index is 634.